The minimum absolute atomic E-state index is 0.172. The lowest BCUT2D eigenvalue weighted by molar-refractivity contribution is -0.167. The third kappa shape index (κ3) is 4.68. The molecule has 1 aromatic rings. The molecule has 0 spiro atoms. The van der Waals surface area contributed by atoms with Gasteiger partial charge in [-0.25, -0.2) is 0 Å². The highest BCUT2D eigenvalue weighted by molar-refractivity contribution is 7.98. The van der Waals surface area contributed by atoms with E-state index in [1.165, 1.54) is 6.07 Å². The standard InChI is InChI=1S/C11H12F3NOS/c1-17-6-5-8-3-2-4-9(7-8)15-10(16)11(12,13)14/h2-4,7H,5-6H2,1H3,(H,15,16). The highest BCUT2D eigenvalue weighted by Crippen LogP contribution is 2.19. The molecular weight excluding hydrogens is 251 g/mol. The molecule has 1 amide bonds. The Bertz CT molecular complexity index is 393. The molecule has 0 bridgehead atoms. The van der Waals surface area contributed by atoms with Crippen LogP contribution in [0.2, 0.25) is 0 Å². The number of carbonyl (C=O) groups excluding carboxylic acids is 1. The molecule has 0 aliphatic heterocycles. The van der Waals surface area contributed by atoms with E-state index < -0.39 is 12.1 Å². The Labute approximate surface area is 102 Å². The van der Waals surface area contributed by atoms with Crippen LogP contribution in [0.25, 0.3) is 0 Å². The summed E-state index contributed by atoms with van der Waals surface area (Å²) in [5, 5.41) is 1.83. The zero-order chi connectivity index (χ0) is 12.9. The summed E-state index contributed by atoms with van der Waals surface area (Å²) < 4.78 is 36.1. The molecule has 0 saturated carbocycles. The summed E-state index contributed by atoms with van der Waals surface area (Å²) in [5.74, 6) is -1.06. The number of amides is 1. The Hall–Kier alpha value is -1.17. The van der Waals surface area contributed by atoms with E-state index in [9.17, 15) is 18.0 Å². The molecule has 0 aliphatic carbocycles. The van der Waals surface area contributed by atoms with E-state index in [1.54, 1.807) is 23.9 Å². The van der Waals surface area contributed by atoms with Crippen molar-refractivity contribution >= 4 is 23.4 Å². The number of carbonyl (C=O) groups is 1. The van der Waals surface area contributed by atoms with Crippen LogP contribution in [0.3, 0.4) is 0 Å². The second-order valence-electron chi connectivity index (χ2n) is 3.40. The van der Waals surface area contributed by atoms with E-state index in [2.05, 4.69) is 0 Å². The Morgan fingerprint density at radius 3 is 2.71 bits per heavy atom. The third-order valence-corrected chi connectivity index (χ3v) is 2.65. The molecule has 0 aliphatic rings. The summed E-state index contributed by atoms with van der Waals surface area (Å²) in [6.45, 7) is 0. The highest BCUT2D eigenvalue weighted by Gasteiger charge is 2.38. The van der Waals surface area contributed by atoms with Crippen molar-refractivity contribution in [2.45, 2.75) is 12.6 Å². The van der Waals surface area contributed by atoms with Gasteiger partial charge in [-0.05, 0) is 36.1 Å². The molecule has 2 nitrogen and oxygen atoms in total. The Balaban J connectivity index is 2.69. The van der Waals surface area contributed by atoms with Crippen LogP contribution < -0.4 is 5.32 Å². The van der Waals surface area contributed by atoms with Crippen LogP contribution in [0.15, 0.2) is 24.3 Å². The smallest absolute Gasteiger partial charge is 0.318 e. The van der Waals surface area contributed by atoms with Crippen LogP contribution in [-0.2, 0) is 11.2 Å². The van der Waals surface area contributed by atoms with Crippen LogP contribution in [0.4, 0.5) is 18.9 Å². The summed E-state index contributed by atoms with van der Waals surface area (Å²) >= 11 is 1.65. The lowest BCUT2D eigenvalue weighted by Crippen LogP contribution is -2.29. The van der Waals surface area contributed by atoms with Crippen LogP contribution in [0.5, 0.6) is 0 Å². The van der Waals surface area contributed by atoms with Crippen LogP contribution in [0.1, 0.15) is 5.56 Å². The second-order valence-corrected chi connectivity index (χ2v) is 4.38. The fourth-order valence-electron chi connectivity index (χ4n) is 1.23. The SMILES string of the molecule is CSCCc1cccc(NC(=O)C(F)(F)F)c1. The van der Waals surface area contributed by atoms with Gasteiger partial charge in [0.1, 0.15) is 0 Å². The van der Waals surface area contributed by atoms with Gasteiger partial charge in [0.25, 0.3) is 0 Å². The summed E-state index contributed by atoms with van der Waals surface area (Å²) in [4.78, 5) is 10.7. The first kappa shape index (κ1) is 13.9. The summed E-state index contributed by atoms with van der Waals surface area (Å²) in [7, 11) is 0. The van der Waals surface area contributed by atoms with Crippen molar-refractivity contribution in [3.63, 3.8) is 0 Å². The fraction of sp³-hybridized carbons (Fsp3) is 0.364. The van der Waals surface area contributed by atoms with Gasteiger partial charge >= 0.3 is 12.1 Å². The minimum atomic E-state index is -4.85. The van der Waals surface area contributed by atoms with Gasteiger partial charge in [-0.3, -0.25) is 4.79 Å². The molecular formula is C11H12F3NOS. The first-order valence-corrected chi connectivity index (χ1v) is 6.29. The number of thioether (sulfide) groups is 1. The highest BCUT2D eigenvalue weighted by atomic mass is 32.2. The largest absolute Gasteiger partial charge is 0.471 e. The Morgan fingerprint density at radius 2 is 2.12 bits per heavy atom. The van der Waals surface area contributed by atoms with Gasteiger partial charge in [0.2, 0.25) is 0 Å². The number of anilines is 1. The molecule has 1 N–H and O–H groups in total. The maximum atomic E-state index is 12.0. The van der Waals surface area contributed by atoms with E-state index >= 15 is 0 Å². The predicted octanol–water partition coefficient (Wildman–Crippen LogP) is 3.09. The molecule has 94 valence electrons. The number of alkyl halides is 3. The van der Waals surface area contributed by atoms with Crippen molar-refractivity contribution in [1.82, 2.24) is 0 Å². The quantitative estimate of drug-likeness (QED) is 0.904. The third-order valence-electron chi connectivity index (χ3n) is 2.04. The van der Waals surface area contributed by atoms with Crippen molar-refractivity contribution in [3.05, 3.63) is 29.8 Å². The first-order chi connectivity index (χ1) is 7.93. The molecule has 0 aromatic heterocycles. The molecule has 0 saturated heterocycles. The lowest BCUT2D eigenvalue weighted by atomic mass is 10.1. The normalized spacial score (nSPS) is 11.3. The van der Waals surface area contributed by atoms with Gasteiger partial charge < -0.3 is 5.32 Å². The first-order valence-electron chi connectivity index (χ1n) is 4.89. The van der Waals surface area contributed by atoms with Gasteiger partial charge in [-0.1, -0.05) is 12.1 Å². The Morgan fingerprint density at radius 1 is 1.41 bits per heavy atom. The van der Waals surface area contributed by atoms with Crippen molar-refractivity contribution in [1.29, 1.82) is 0 Å². The molecule has 1 rings (SSSR count). The van der Waals surface area contributed by atoms with Crippen LogP contribution in [-0.4, -0.2) is 24.1 Å². The molecule has 0 atom stereocenters. The predicted molar refractivity (Wildman–Crippen MR) is 63.2 cm³/mol. The zero-order valence-electron chi connectivity index (χ0n) is 9.17. The maximum Gasteiger partial charge on any atom is 0.471 e. The number of rotatable bonds is 4. The van der Waals surface area contributed by atoms with Gasteiger partial charge in [0, 0.05) is 5.69 Å². The molecule has 0 unspecified atom stereocenters. The summed E-state index contributed by atoms with van der Waals surface area (Å²) in [6.07, 6.45) is -2.14. The Kier molecular flexibility index (Phi) is 4.86. The molecule has 0 fully saturated rings. The topological polar surface area (TPSA) is 29.1 Å². The van der Waals surface area contributed by atoms with Gasteiger partial charge in [-0.15, -0.1) is 0 Å². The minimum Gasteiger partial charge on any atom is -0.318 e. The van der Waals surface area contributed by atoms with Crippen molar-refractivity contribution in [2.75, 3.05) is 17.3 Å². The second kappa shape index (κ2) is 5.95. The maximum absolute atomic E-state index is 12.0. The van der Waals surface area contributed by atoms with Crippen molar-refractivity contribution in [3.8, 4) is 0 Å². The van der Waals surface area contributed by atoms with E-state index in [4.69, 9.17) is 0 Å². The summed E-state index contributed by atoms with van der Waals surface area (Å²) in [5.41, 5.74) is 1.07. The van der Waals surface area contributed by atoms with Gasteiger partial charge in [0.05, 0.1) is 0 Å². The van der Waals surface area contributed by atoms with Crippen LogP contribution >= 0.6 is 11.8 Å². The van der Waals surface area contributed by atoms with Crippen LogP contribution in [0, 0.1) is 0 Å². The fourth-order valence-corrected chi connectivity index (χ4v) is 1.67. The molecule has 0 radical (unpaired) electrons. The van der Waals surface area contributed by atoms with Crippen molar-refractivity contribution < 1.29 is 18.0 Å². The number of benzene rings is 1. The number of halogens is 3. The zero-order valence-corrected chi connectivity index (χ0v) is 9.99. The molecule has 0 heterocycles. The van der Waals surface area contributed by atoms with E-state index in [1.807, 2.05) is 17.6 Å². The molecule has 6 heteroatoms. The molecule has 1 aromatic carbocycles. The number of hydrogen-bond acceptors (Lipinski definition) is 2. The summed E-state index contributed by atoms with van der Waals surface area (Å²) in [6, 6.07) is 6.44. The number of aryl methyl sites for hydroxylation is 1. The van der Waals surface area contributed by atoms with E-state index in [0.29, 0.717) is 0 Å². The average molecular weight is 263 g/mol. The van der Waals surface area contributed by atoms with Gasteiger partial charge in [0.15, 0.2) is 0 Å². The monoisotopic (exact) mass is 263 g/mol. The lowest BCUT2D eigenvalue weighted by Gasteiger charge is -2.09. The number of hydrogen-bond donors (Lipinski definition) is 1. The van der Waals surface area contributed by atoms with E-state index in [0.717, 1.165) is 17.7 Å². The average Bonchev–Trinajstić information content (AvgIpc) is 2.25. The molecule has 17 heavy (non-hydrogen) atoms. The van der Waals surface area contributed by atoms with E-state index in [-0.39, 0.29) is 5.69 Å². The van der Waals surface area contributed by atoms with Gasteiger partial charge in [-0.2, -0.15) is 24.9 Å². The number of nitrogens with one attached hydrogen (secondary N) is 1. The van der Waals surface area contributed by atoms with Crippen molar-refractivity contribution in [2.24, 2.45) is 0 Å².